The van der Waals surface area contributed by atoms with Gasteiger partial charge in [0.25, 0.3) is 0 Å². The van der Waals surface area contributed by atoms with Crippen molar-refractivity contribution in [3.05, 3.63) is 64.7 Å². The molecule has 2 rings (SSSR count). The monoisotopic (exact) mass is 261 g/mol. The molecule has 2 N–H and O–H groups in total. The molecule has 0 atom stereocenters. The minimum Gasteiger partial charge on any atom is -0.457 e. The number of ether oxygens (including phenoxy) is 1. The number of hydrogen-bond acceptors (Lipinski definition) is 3. The van der Waals surface area contributed by atoms with Crippen LogP contribution < -0.4 is 5.73 Å². The van der Waals surface area contributed by atoms with Gasteiger partial charge in [-0.25, -0.2) is 4.79 Å². The number of nitrogens with two attached hydrogens (primary N) is 1. The van der Waals surface area contributed by atoms with E-state index in [9.17, 15) is 4.79 Å². The van der Waals surface area contributed by atoms with Gasteiger partial charge >= 0.3 is 5.97 Å². The van der Waals surface area contributed by atoms with Crippen molar-refractivity contribution in [2.45, 2.75) is 6.61 Å². The maximum absolute atomic E-state index is 11.7. The predicted octanol–water partition coefficient (Wildman–Crippen LogP) is 3.28. The highest BCUT2D eigenvalue weighted by atomic mass is 35.5. The smallest absolute Gasteiger partial charge is 0.338 e. The zero-order valence-corrected chi connectivity index (χ0v) is 10.4. The summed E-state index contributed by atoms with van der Waals surface area (Å²) >= 11 is 5.84. The summed E-state index contributed by atoms with van der Waals surface area (Å²) in [5.74, 6) is -0.380. The first kappa shape index (κ1) is 12.5. The molecule has 2 aromatic carbocycles. The average Bonchev–Trinajstić information content (AvgIpc) is 2.37. The molecule has 0 heterocycles. The quantitative estimate of drug-likeness (QED) is 0.681. The van der Waals surface area contributed by atoms with Crippen LogP contribution in [0.15, 0.2) is 48.5 Å². The van der Waals surface area contributed by atoms with E-state index in [4.69, 9.17) is 22.1 Å². The number of anilines is 1. The molecule has 0 aliphatic heterocycles. The Labute approximate surface area is 110 Å². The Bertz CT molecular complexity index is 552. The van der Waals surface area contributed by atoms with Crippen LogP contribution in [-0.2, 0) is 11.3 Å². The van der Waals surface area contributed by atoms with Gasteiger partial charge in [-0.05, 0) is 42.0 Å². The number of hydrogen-bond donors (Lipinski definition) is 1. The Morgan fingerprint density at radius 1 is 1.17 bits per heavy atom. The van der Waals surface area contributed by atoms with Crippen LogP contribution in [0.3, 0.4) is 0 Å². The number of benzene rings is 2. The molecule has 0 spiro atoms. The van der Waals surface area contributed by atoms with E-state index in [0.717, 1.165) is 5.56 Å². The Kier molecular flexibility index (Phi) is 3.85. The van der Waals surface area contributed by atoms with Gasteiger partial charge < -0.3 is 10.5 Å². The molecule has 0 aliphatic carbocycles. The molecule has 18 heavy (non-hydrogen) atoms. The van der Waals surface area contributed by atoms with E-state index >= 15 is 0 Å². The summed E-state index contributed by atoms with van der Waals surface area (Å²) in [6.07, 6.45) is 0. The van der Waals surface area contributed by atoms with Crippen LogP contribution in [-0.4, -0.2) is 5.97 Å². The van der Waals surface area contributed by atoms with Crippen LogP contribution in [0.1, 0.15) is 15.9 Å². The summed E-state index contributed by atoms with van der Waals surface area (Å²) in [4.78, 5) is 11.7. The average molecular weight is 262 g/mol. The van der Waals surface area contributed by atoms with Crippen molar-refractivity contribution in [3.8, 4) is 0 Å². The Morgan fingerprint density at radius 3 is 2.56 bits per heavy atom. The van der Waals surface area contributed by atoms with E-state index in [0.29, 0.717) is 16.3 Å². The molecule has 0 saturated heterocycles. The summed E-state index contributed by atoms with van der Waals surface area (Å²) in [5.41, 5.74) is 7.49. The summed E-state index contributed by atoms with van der Waals surface area (Å²) in [6, 6.07) is 13.8. The first-order valence-corrected chi connectivity index (χ1v) is 5.80. The first-order valence-electron chi connectivity index (χ1n) is 5.42. The summed E-state index contributed by atoms with van der Waals surface area (Å²) in [6.45, 7) is 0.198. The van der Waals surface area contributed by atoms with Gasteiger partial charge in [0.15, 0.2) is 0 Å². The minimum atomic E-state index is -0.380. The van der Waals surface area contributed by atoms with Gasteiger partial charge in [-0.15, -0.1) is 0 Å². The van der Waals surface area contributed by atoms with Crippen molar-refractivity contribution in [2.24, 2.45) is 0 Å². The Balaban J connectivity index is 1.98. The van der Waals surface area contributed by atoms with Gasteiger partial charge in [0, 0.05) is 10.7 Å². The van der Waals surface area contributed by atoms with Gasteiger partial charge in [-0.1, -0.05) is 23.7 Å². The van der Waals surface area contributed by atoms with E-state index in [1.54, 1.807) is 36.4 Å². The molecule has 0 bridgehead atoms. The normalized spacial score (nSPS) is 10.1. The van der Waals surface area contributed by atoms with E-state index < -0.39 is 0 Å². The topological polar surface area (TPSA) is 52.3 Å². The molecule has 0 saturated carbocycles. The van der Waals surface area contributed by atoms with Gasteiger partial charge in [0.05, 0.1) is 5.56 Å². The molecule has 4 heteroatoms. The van der Waals surface area contributed by atoms with Crippen molar-refractivity contribution in [3.63, 3.8) is 0 Å². The Hall–Kier alpha value is -2.00. The highest BCUT2D eigenvalue weighted by Crippen LogP contribution is 2.13. The van der Waals surface area contributed by atoms with Gasteiger partial charge in [0.2, 0.25) is 0 Å². The Morgan fingerprint density at radius 2 is 1.89 bits per heavy atom. The highest BCUT2D eigenvalue weighted by molar-refractivity contribution is 6.30. The lowest BCUT2D eigenvalue weighted by molar-refractivity contribution is 0.0473. The molecule has 3 nitrogen and oxygen atoms in total. The highest BCUT2D eigenvalue weighted by Gasteiger charge is 2.06. The molecule has 0 unspecified atom stereocenters. The number of carbonyl (C=O) groups excluding carboxylic acids is 1. The SMILES string of the molecule is Nc1ccc(C(=O)OCc2cccc(Cl)c2)cc1. The summed E-state index contributed by atoms with van der Waals surface area (Å²) in [7, 11) is 0. The third-order valence-corrected chi connectivity index (χ3v) is 2.64. The lowest BCUT2D eigenvalue weighted by Gasteiger charge is -2.05. The molecule has 0 amide bonds. The molecule has 0 aromatic heterocycles. The fourth-order valence-corrected chi connectivity index (χ4v) is 1.69. The maximum atomic E-state index is 11.7. The number of carbonyl (C=O) groups is 1. The van der Waals surface area contributed by atoms with Crippen LogP contribution in [0.2, 0.25) is 5.02 Å². The van der Waals surface area contributed by atoms with Gasteiger partial charge in [-0.3, -0.25) is 0 Å². The minimum absolute atomic E-state index is 0.198. The van der Waals surface area contributed by atoms with E-state index in [1.165, 1.54) is 0 Å². The van der Waals surface area contributed by atoms with Gasteiger partial charge in [0.1, 0.15) is 6.61 Å². The number of rotatable bonds is 3. The molecular weight excluding hydrogens is 250 g/mol. The molecule has 0 radical (unpaired) electrons. The lowest BCUT2D eigenvalue weighted by atomic mass is 10.2. The van der Waals surface area contributed by atoms with Crippen molar-refractivity contribution in [1.29, 1.82) is 0 Å². The van der Waals surface area contributed by atoms with Crippen LogP contribution >= 0.6 is 11.6 Å². The van der Waals surface area contributed by atoms with Crippen LogP contribution in [0, 0.1) is 0 Å². The van der Waals surface area contributed by atoms with Crippen molar-refractivity contribution in [2.75, 3.05) is 5.73 Å². The molecule has 92 valence electrons. The third kappa shape index (κ3) is 3.25. The van der Waals surface area contributed by atoms with Crippen LogP contribution in [0.25, 0.3) is 0 Å². The molecule has 2 aromatic rings. The second-order valence-electron chi connectivity index (χ2n) is 3.83. The van der Waals surface area contributed by atoms with Crippen molar-refractivity contribution >= 4 is 23.3 Å². The largest absolute Gasteiger partial charge is 0.457 e. The molecular formula is C14H12ClNO2. The lowest BCUT2D eigenvalue weighted by Crippen LogP contribution is -2.05. The predicted molar refractivity (Wildman–Crippen MR) is 71.4 cm³/mol. The molecule has 0 aliphatic rings. The van der Waals surface area contributed by atoms with E-state index in [-0.39, 0.29) is 12.6 Å². The van der Waals surface area contributed by atoms with Crippen molar-refractivity contribution < 1.29 is 9.53 Å². The van der Waals surface area contributed by atoms with Gasteiger partial charge in [-0.2, -0.15) is 0 Å². The van der Waals surface area contributed by atoms with Crippen LogP contribution in [0.4, 0.5) is 5.69 Å². The zero-order chi connectivity index (χ0) is 13.0. The number of nitrogen functional groups attached to an aromatic ring is 1. The van der Waals surface area contributed by atoms with E-state index in [1.807, 2.05) is 12.1 Å². The summed E-state index contributed by atoms with van der Waals surface area (Å²) in [5, 5.41) is 0.621. The van der Waals surface area contributed by atoms with Crippen molar-refractivity contribution in [1.82, 2.24) is 0 Å². The fraction of sp³-hybridized carbons (Fsp3) is 0.0714. The third-order valence-electron chi connectivity index (χ3n) is 2.41. The zero-order valence-electron chi connectivity index (χ0n) is 9.60. The first-order chi connectivity index (χ1) is 8.65. The summed E-state index contributed by atoms with van der Waals surface area (Å²) < 4.78 is 5.17. The number of halogens is 1. The second kappa shape index (κ2) is 5.56. The fourth-order valence-electron chi connectivity index (χ4n) is 1.48. The number of esters is 1. The molecule has 0 fully saturated rings. The van der Waals surface area contributed by atoms with E-state index in [2.05, 4.69) is 0 Å². The second-order valence-corrected chi connectivity index (χ2v) is 4.26. The maximum Gasteiger partial charge on any atom is 0.338 e. The standard InChI is InChI=1S/C14H12ClNO2/c15-12-3-1-2-10(8-12)9-18-14(17)11-4-6-13(16)7-5-11/h1-8H,9,16H2. The van der Waals surface area contributed by atoms with Crippen LogP contribution in [0.5, 0.6) is 0 Å².